The van der Waals surface area contributed by atoms with Gasteiger partial charge in [-0.25, -0.2) is 0 Å². The summed E-state index contributed by atoms with van der Waals surface area (Å²) in [6.45, 7) is 0.610. The Hall–Kier alpha value is -2.98. The van der Waals surface area contributed by atoms with Gasteiger partial charge in [0.25, 0.3) is 0 Å². The zero-order valence-corrected chi connectivity index (χ0v) is 15.6. The van der Waals surface area contributed by atoms with Crippen LogP contribution in [0.3, 0.4) is 0 Å². The molecule has 138 valence electrons. The first-order chi connectivity index (χ1) is 13.2. The lowest BCUT2D eigenvalue weighted by molar-refractivity contribution is 0.112. The third-order valence-corrected chi connectivity index (χ3v) is 4.23. The lowest BCUT2D eigenvalue weighted by atomic mass is 10.1. The van der Waals surface area contributed by atoms with Crippen molar-refractivity contribution in [1.29, 1.82) is 0 Å². The number of methoxy groups -OCH3 is 1. The van der Waals surface area contributed by atoms with Crippen molar-refractivity contribution in [2.24, 2.45) is 0 Å². The number of hydrogen-bond acceptors (Lipinski definition) is 4. The molecule has 0 atom stereocenters. The fourth-order valence-corrected chi connectivity index (χ4v) is 2.97. The highest BCUT2D eigenvalue weighted by atomic mass is 35.5. The first kappa shape index (κ1) is 18.8. The van der Waals surface area contributed by atoms with Gasteiger partial charge in [-0.3, -0.25) is 4.79 Å². The Morgan fingerprint density at radius 3 is 2.33 bits per heavy atom. The van der Waals surface area contributed by atoms with Gasteiger partial charge in [0, 0.05) is 11.1 Å². The van der Waals surface area contributed by atoms with Crippen molar-refractivity contribution >= 4 is 17.9 Å². The molecule has 3 rings (SSSR count). The zero-order valence-electron chi connectivity index (χ0n) is 14.9. The summed E-state index contributed by atoms with van der Waals surface area (Å²) in [6.07, 6.45) is 0.710. The molecule has 0 saturated heterocycles. The molecule has 0 spiro atoms. The van der Waals surface area contributed by atoms with Gasteiger partial charge in [0.1, 0.15) is 25.2 Å². The molecule has 0 amide bonds. The Kier molecular flexibility index (Phi) is 6.34. The second-order valence-corrected chi connectivity index (χ2v) is 6.12. The van der Waals surface area contributed by atoms with E-state index in [9.17, 15) is 4.79 Å². The van der Waals surface area contributed by atoms with Crippen LogP contribution < -0.4 is 14.2 Å². The highest BCUT2D eigenvalue weighted by molar-refractivity contribution is 6.32. The van der Waals surface area contributed by atoms with Crippen LogP contribution in [0.4, 0.5) is 0 Å². The van der Waals surface area contributed by atoms with Crippen LogP contribution in [0.15, 0.2) is 66.7 Å². The van der Waals surface area contributed by atoms with Gasteiger partial charge in [-0.2, -0.15) is 0 Å². The quantitative estimate of drug-likeness (QED) is 0.392. The van der Waals surface area contributed by atoms with E-state index in [-0.39, 0.29) is 6.61 Å². The SMILES string of the molecule is COc1cc(C=O)cc(Cl)c1OCCOc1ccccc1-c1ccccc1. The van der Waals surface area contributed by atoms with Crippen molar-refractivity contribution in [1.82, 2.24) is 0 Å². The maximum absolute atomic E-state index is 10.9. The van der Waals surface area contributed by atoms with Crippen molar-refractivity contribution in [3.05, 3.63) is 77.3 Å². The lowest BCUT2D eigenvalue weighted by Crippen LogP contribution is -2.10. The van der Waals surface area contributed by atoms with Gasteiger partial charge in [-0.1, -0.05) is 60.1 Å². The summed E-state index contributed by atoms with van der Waals surface area (Å²) >= 11 is 6.19. The minimum Gasteiger partial charge on any atom is -0.493 e. The Balaban J connectivity index is 1.66. The van der Waals surface area contributed by atoms with Gasteiger partial charge in [0.2, 0.25) is 0 Å². The molecule has 3 aromatic rings. The summed E-state index contributed by atoms with van der Waals surface area (Å²) in [6, 6.07) is 21.0. The molecule has 4 nitrogen and oxygen atoms in total. The number of para-hydroxylation sites is 1. The molecule has 0 N–H and O–H groups in total. The minimum atomic E-state index is 0.277. The molecular weight excluding hydrogens is 364 g/mol. The van der Waals surface area contributed by atoms with Crippen LogP contribution in [0, 0.1) is 0 Å². The number of ether oxygens (including phenoxy) is 3. The van der Waals surface area contributed by atoms with Crippen LogP contribution in [0.1, 0.15) is 10.4 Å². The average Bonchev–Trinajstić information content (AvgIpc) is 2.72. The van der Waals surface area contributed by atoms with Crippen LogP contribution in [0.5, 0.6) is 17.2 Å². The smallest absolute Gasteiger partial charge is 0.179 e. The fraction of sp³-hybridized carbons (Fsp3) is 0.136. The van der Waals surface area contributed by atoms with Gasteiger partial charge < -0.3 is 14.2 Å². The second kappa shape index (κ2) is 9.10. The number of carbonyl (C=O) groups is 1. The van der Waals surface area contributed by atoms with Crippen LogP contribution in [-0.2, 0) is 0 Å². The molecule has 0 radical (unpaired) electrons. The Bertz CT molecular complexity index is 909. The summed E-state index contributed by atoms with van der Waals surface area (Å²) in [5.74, 6) is 1.58. The number of carbonyl (C=O) groups excluding carboxylic acids is 1. The highest BCUT2D eigenvalue weighted by Gasteiger charge is 2.12. The van der Waals surface area contributed by atoms with Gasteiger partial charge in [-0.05, 0) is 23.8 Å². The van der Waals surface area contributed by atoms with E-state index in [1.807, 2.05) is 54.6 Å². The molecule has 0 aliphatic rings. The molecule has 27 heavy (non-hydrogen) atoms. The molecule has 5 heteroatoms. The predicted octanol–water partition coefficient (Wildman–Crippen LogP) is 5.29. The topological polar surface area (TPSA) is 44.8 Å². The van der Waals surface area contributed by atoms with Gasteiger partial charge in [-0.15, -0.1) is 0 Å². The van der Waals surface area contributed by atoms with E-state index in [2.05, 4.69) is 0 Å². The molecule has 0 saturated carbocycles. The second-order valence-electron chi connectivity index (χ2n) is 5.71. The summed E-state index contributed by atoms with van der Waals surface area (Å²) in [5.41, 5.74) is 2.53. The standard InChI is InChI=1S/C22H19ClO4/c1-25-21-14-16(15-24)13-19(23)22(21)27-12-11-26-20-10-6-5-9-18(20)17-7-3-2-4-8-17/h2-10,13-15H,11-12H2,1H3. The monoisotopic (exact) mass is 382 g/mol. The third-order valence-electron chi connectivity index (χ3n) is 3.95. The normalized spacial score (nSPS) is 10.3. The molecule has 0 bridgehead atoms. The molecular formula is C22H19ClO4. The summed E-state index contributed by atoms with van der Waals surface area (Å²) in [4.78, 5) is 10.9. The first-order valence-corrected chi connectivity index (χ1v) is 8.83. The van der Waals surface area contributed by atoms with Crippen molar-refractivity contribution in [3.8, 4) is 28.4 Å². The van der Waals surface area contributed by atoms with E-state index in [0.717, 1.165) is 16.9 Å². The fourth-order valence-electron chi connectivity index (χ4n) is 2.69. The average molecular weight is 383 g/mol. The van der Waals surface area contributed by atoms with Gasteiger partial charge in [0.05, 0.1) is 12.1 Å². The summed E-state index contributed by atoms with van der Waals surface area (Å²) < 4.78 is 16.9. The van der Waals surface area contributed by atoms with Gasteiger partial charge >= 0.3 is 0 Å². The molecule has 3 aromatic carbocycles. The lowest BCUT2D eigenvalue weighted by Gasteiger charge is -2.15. The minimum absolute atomic E-state index is 0.277. The van der Waals surface area contributed by atoms with Crippen molar-refractivity contribution in [2.45, 2.75) is 0 Å². The number of rotatable bonds is 8. The molecule has 0 unspecified atom stereocenters. The van der Waals surface area contributed by atoms with Crippen molar-refractivity contribution in [3.63, 3.8) is 0 Å². The molecule has 0 heterocycles. The van der Waals surface area contributed by atoms with E-state index in [0.29, 0.717) is 35.0 Å². The number of halogens is 1. The van der Waals surface area contributed by atoms with Crippen molar-refractivity contribution < 1.29 is 19.0 Å². The Morgan fingerprint density at radius 1 is 0.889 bits per heavy atom. The Labute approximate surface area is 163 Å². The highest BCUT2D eigenvalue weighted by Crippen LogP contribution is 2.36. The van der Waals surface area contributed by atoms with Crippen LogP contribution in [-0.4, -0.2) is 26.6 Å². The van der Waals surface area contributed by atoms with Crippen LogP contribution >= 0.6 is 11.6 Å². The number of hydrogen-bond donors (Lipinski definition) is 0. The predicted molar refractivity (Wildman–Crippen MR) is 106 cm³/mol. The first-order valence-electron chi connectivity index (χ1n) is 8.45. The van der Waals surface area contributed by atoms with Crippen LogP contribution in [0.25, 0.3) is 11.1 Å². The summed E-state index contributed by atoms with van der Waals surface area (Å²) in [5, 5.41) is 0.320. The van der Waals surface area contributed by atoms with E-state index in [4.69, 9.17) is 25.8 Å². The molecule has 0 aliphatic heterocycles. The van der Waals surface area contributed by atoms with E-state index in [1.54, 1.807) is 6.07 Å². The molecule has 0 aromatic heterocycles. The van der Waals surface area contributed by atoms with E-state index < -0.39 is 0 Å². The van der Waals surface area contributed by atoms with E-state index >= 15 is 0 Å². The van der Waals surface area contributed by atoms with Crippen molar-refractivity contribution in [2.75, 3.05) is 20.3 Å². The summed E-state index contributed by atoms with van der Waals surface area (Å²) in [7, 11) is 1.50. The third kappa shape index (κ3) is 4.60. The maximum Gasteiger partial charge on any atom is 0.179 e. The maximum atomic E-state index is 10.9. The number of benzene rings is 3. The van der Waals surface area contributed by atoms with Gasteiger partial charge in [0.15, 0.2) is 11.5 Å². The molecule has 0 fully saturated rings. The van der Waals surface area contributed by atoms with E-state index in [1.165, 1.54) is 13.2 Å². The molecule has 0 aliphatic carbocycles. The zero-order chi connectivity index (χ0) is 19.1. The van der Waals surface area contributed by atoms with Crippen LogP contribution in [0.2, 0.25) is 5.02 Å². The number of aldehydes is 1. The largest absolute Gasteiger partial charge is 0.493 e. The Morgan fingerprint density at radius 2 is 1.59 bits per heavy atom.